The molecule has 1 heterocycles. The van der Waals surface area contributed by atoms with Crippen LogP contribution < -0.4 is 5.32 Å². The van der Waals surface area contributed by atoms with Gasteiger partial charge in [0.15, 0.2) is 0 Å². The van der Waals surface area contributed by atoms with E-state index in [1.807, 2.05) is 0 Å². The average Bonchev–Trinajstić information content (AvgIpc) is 2.12. The van der Waals surface area contributed by atoms with E-state index in [0.29, 0.717) is 0 Å². The number of nitrogens with one attached hydrogen (secondary N) is 1. The Labute approximate surface area is 81.8 Å². The Balaban J connectivity index is 3.01. The second kappa shape index (κ2) is 3.40. The SMILES string of the molecule is COC(=O)[C@]1(C)C(=O)NC(=O)C[C@@H]1C. The van der Waals surface area contributed by atoms with Crippen molar-refractivity contribution in [2.24, 2.45) is 11.3 Å². The molecule has 0 aromatic carbocycles. The summed E-state index contributed by atoms with van der Waals surface area (Å²) in [5, 5.41) is 2.14. The molecule has 0 bridgehead atoms. The van der Waals surface area contributed by atoms with E-state index in [2.05, 4.69) is 10.1 Å². The predicted octanol–water partition coefficient (Wildman–Crippen LogP) is -0.152. The van der Waals surface area contributed by atoms with E-state index in [1.165, 1.54) is 14.0 Å². The number of methoxy groups -OCH3 is 1. The maximum Gasteiger partial charge on any atom is 0.321 e. The van der Waals surface area contributed by atoms with E-state index in [-0.39, 0.29) is 18.2 Å². The lowest BCUT2D eigenvalue weighted by Gasteiger charge is -2.34. The average molecular weight is 199 g/mol. The Kier molecular flexibility index (Phi) is 2.59. The van der Waals surface area contributed by atoms with E-state index >= 15 is 0 Å². The van der Waals surface area contributed by atoms with Crippen LogP contribution in [0, 0.1) is 11.3 Å². The molecule has 0 aromatic heterocycles. The number of amides is 2. The molecule has 5 nitrogen and oxygen atoms in total. The number of ether oxygens (including phenoxy) is 1. The molecule has 0 unspecified atom stereocenters. The molecule has 1 rings (SSSR count). The topological polar surface area (TPSA) is 72.5 Å². The van der Waals surface area contributed by atoms with Gasteiger partial charge < -0.3 is 4.74 Å². The number of imide groups is 1. The third-order valence-electron chi connectivity index (χ3n) is 2.81. The number of hydrogen-bond acceptors (Lipinski definition) is 4. The fourth-order valence-corrected chi connectivity index (χ4v) is 1.52. The van der Waals surface area contributed by atoms with Crippen LogP contribution in [-0.2, 0) is 19.1 Å². The molecule has 0 aromatic rings. The summed E-state index contributed by atoms with van der Waals surface area (Å²) in [6.45, 7) is 3.18. The highest BCUT2D eigenvalue weighted by Gasteiger charge is 2.51. The lowest BCUT2D eigenvalue weighted by molar-refractivity contribution is -0.164. The molecule has 78 valence electrons. The molecule has 0 aliphatic carbocycles. The molecule has 1 fully saturated rings. The summed E-state index contributed by atoms with van der Waals surface area (Å²) >= 11 is 0. The van der Waals surface area contributed by atoms with E-state index in [4.69, 9.17) is 0 Å². The Morgan fingerprint density at radius 1 is 1.57 bits per heavy atom. The zero-order valence-corrected chi connectivity index (χ0v) is 8.42. The number of rotatable bonds is 1. The van der Waals surface area contributed by atoms with Crippen LogP contribution in [0.2, 0.25) is 0 Å². The first-order valence-corrected chi connectivity index (χ1v) is 4.35. The third-order valence-corrected chi connectivity index (χ3v) is 2.81. The molecule has 1 aliphatic heterocycles. The zero-order chi connectivity index (χ0) is 10.9. The minimum Gasteiger partial charge on any atom is -0.468 e. The molecule has 0 radical (unpaired) electrons. The monoisotopic (exact) mass is 199 g/mol. The number of carbonyl (C=O) groups excluding carboxylic acids is 3. The molecule has 1 saturated heterocycles. The van der Waals surface area contributed by atoms with Crippen molar-refractivity contribution in [3.63, 3.8) is 0 Å². The van der Waals surface area contributed by atoms with Crippen LogP contribution in [-0.4, -0.2) is 24.9 Å². The van der Waals surface area contributed by atoms with E-state index in [9.17, 15) is 14.4 Å². The number of hydrogen-bond donors (Lipinski definition) is 1. The normalized spacial score (nSPS) is 32.4. The maximum absolute atomic E-state index is 11.5. The molecule has 2 atom stereocenters. The quantitative estimate of drug-likeness (QED) is 0.362. The summed E-state index contributed by atoms with van der Waals surface area (Å²) in [5.41, 5.74) is -1.25. The second-order valence-electron chi connectivity index (χ2n) is 3.68. The minimum atomic E-state index is -1.25. The first-order valence-electron chi connectivity index (χ1n) is 4.35. The van der Waals surface area contributed by atoms with E-state index < -0.39 is 17.3 Å². The number of carbonyl (C=O) groups is 3. The van der Waals surface area contributed by atoms with Crippen molar-refractivity contribution in [2.45, 2.75) is 20.3 Å². The van der Waals surface area contributed by atoms with Crippen LogP contribution in [0.25, 0.3) is 0 Å². The van der Waals surface area contributed by atoms with Gasteiger partial charge in [0.05, 0.1) is 7.11 Å². The van der Waals surface area contributed by atoms with Gasteiger partial charge in [-0.05, 0) is 12.8 Å². The minimum absolute atomic E-state index is 0.164. The second-order valence-corrected chi connectivity index (χ2v) is 3.68. The first kappa shape index (κ1) is 10.7. The van der Waals surface area contributed by atoms with E-state index in [1.54, 1.807) is 6.92 Å². The van der Waals surface area contributed by atoms with Gasteiger partial charge in [0.2, 0.25) is 11.8 Å². The first-order chi connectivity index (χ1) is 6.42. The lowest BCUT2D eigenvalue weighted by Crippen LogP contribution is -2.55. The van der Waals surface area contributed by atoms with Gasteiger partial charge in [0.1, 0.15) is 5.41 Å². The highest BCUT2D eigenvalue weighted by molar-refractivity contribution is 6.10. The van der Waals surface area contributed by atoms with Crippen LogP contribution in [0.5, 0.6) is 0 Å². The summed E-state index contributed by atoms with van der Waals surface area (Å²) in [7, 11) is 1.23. The standard InChI is InChI=1S/C9H13NO4/c1-5-4-6(11)10-7(12)9(5,2)8(13)14-3/h5H,4H2,1-3H3,(H,10,11,12)/t5-,9-/m0/s1. The van der Waals surface area contributed by atoms with Crippen LogP contribution in [0.3, 0.4) is 0 Å². The summed E-state index contributed by atoms with van der Waals surface area (Å²) in [6.07, 6.45) is 0.164. The summed E-state index contributed by atoms with van der Waals surface area (Å²) < 4.78 is 4.56. The Bertz CT molecular complexity index is 299. The smallest absolute Gasteiger partial charge is 0.321 e. The molecular formula is C9H13NO4. The number of piperidine rings is 1. The summed E-state index contributed by atoms with van der Waals surface area (Å²) in [4.78, 5) is 33.9. The molecular weight excluding hydrogens is 186 g/mol. The van der Waals surface area contributed by atoms with Gasteiger partial charge in [-0.2, -0.15) is 0 Å². The van der Waals surface area contributed by atoms with Crippen molar-refractivity contribution in [2.75, 3.05) is 7.11 Å². The highest BCUT2D eigenvalue weighted by Crippen LogP contribution is 2.34. The Hall–Kier alpha value is -1.39. The molecule has 0 saturated carbocycles. The molecule has 5 heteroatoms. The van der Waals surface area contributed by atoms with Crippen LogP contribution in [0.1, 0.15) is 20.3 Å². The number of esters is 1. The van der Waals surface area contributed by atoms with Crippen LogP contribution in [0.15, 0.2) is 0 Å². The molecule has 14 heavy (non-hydrogen) atoms. The van der Waals surface area contributed by atoms with Crippen molar-refractivity contribution in [3.8, 4) is 0 Å². The van der Waals surface area contributed by atoms with Gasteiger partial charge in [0.25, 0.3) is 0 Å². The Morgan fingerprint density at radius 2 is 2.14 bits per heavy atom. The van der Waals surface area contributed by atoms with Crippen molar-refractivity contribution >= 4 is 17.8 Å². The van der Waals surface area contributed by atoms with E-state index in [0.717, 1.165) is 0 Å². The lowest BCUT2D eigenvalue weighted by atomic mass is 9.73. The van der Waals surface area contributed by atoms with Gasteiger partial charge in [-0.25, -0.2) is 0 Å². The van der Waals surface area contributed by atoms with Gasteiger partial charge >= 0.3 is 5.97 Å². The van der Waals surface area contributed by atoms with Gasteiger partial charge in [-0.3, -0.25) is 19.7 Å². The predicted molar refractivity (Wildman–Crippen MR) is 47.1 cm³/mol. The van der Waals surface area contributed by atoms with Crippen molar-refractivity contribution in [3.05, 3.63) is 0 Å². The summed E-state index contributed by atoms with van der Waals surface area (Å²) in [5.74, 6) is -1.86. The highest BCUT2D eigenvalue weighted by atomic mass is 16.5. The maximum atomic E-state index is 11.5. The zero-order valence-electron chi connectivity index (χ0n) is 8.42. The van der Waals surface area contributed by atoms with Crippen molar-refractivity contribution < 1.29 is 19.1 Å². The molecule has 0 spiro atoms. The van der Waals surface area contributed by atoms with Crippen molar-refractivity contribution in [1.82, 2.24) is 5.32 Å². The molecule has 1 N–H and O–H groups in total. The molecule has 1 aliphatic rings. The molecule has 2 amide bonds. The van der Waals surface area contributed by atoms with Gasteiger partial charge in [0, 0.05) is 6.42 Å². The van der Waals surface area contributed by atoms with Crippen LogP contribution in [0.4, 0.5) is 0 Å². The van der Waals surface area contributed by atoms with Gasteiger partial charge in [-0.15, -0.1) is 0 Å². The largest absolute Gasteiger partial charge is 0.468 e. The van der Waals surface area contributed by atoms with Crippen molar-refractivity contribution in [1.29, 1.82) is 0 Å². The van der Waals surface area contributed by atoms with Gasteiger partial charge in [-0.1, -0.05) is 6.92 Å². The summed E-state index contributed by atoms with van der Waals surface area (Å²) in [6, 6.07) is 0. The fraction of sp³-hybridized carbons (Fsp3) is 0.667. The fourth-order valence-electron chi connectivity index (χ4n) is 1.52. The Morgan fingerprint density at radius 3 is 2.57 bits per heavy atom. The van der Waals surface area contributed by atoms with Crippen LogP contribution >= 0.6 is 0 Å². The third kappa shape index (κ3) is 1.38.